The van der Waals surface area contributed by atoms with Gasteiger partial charge in [0.2, 0.25) is 0 Å². The first kappa shape index (κ1) is 54.6. The van der Waals surface area contributed by atoms with Gasteiger partial charge < -0.3 is 43.3 Å². The predicted octanol–water partition coefficient (Wildman–Crippen LogP) is 8.11. The first-order valence-corrected chi connectivity index (χ1v) is 28.7. The summed E-state index contributed by atoms with van der Waals surface area (Å²) in [7, 11) is -2.74. The molecule has 0 radical (unpaired) electrons. The van der Waals surface area contributed by atoms with Gasteiger partial charge in [0.05, 0.1) is 41.6 Å². The van der Waals surface area contributed by atoms with E-state index in [1.54, 1.807) is 113 Å². The SMILES string of the molecule is CC[Si](CC)(CC)O[C@@H](C(=O)O[C@H]1C[C@@]2(O)[C@@H](OC(=O)c3ccccc3)C3[C@](C)(C(=O)[C@H](OC(C)=O)C(=C1C)C2(C)C)[C@@H](OCSC)C[C@H]1OC[C@@]31OC(C)=O)[C@@H](NC(=O)c1ccccc1)c1ccccc1. The highest BCUT2D eigenvalue weighted by Crippen LogP contribution is 2.65. The molecule has 1 heterocycles. The monoisotopic (exact) mass is 1030 g/mol. The smallest absolute Gasteiger partial charge is 0.338 e. The van der Waals surface area contributed by atoms with Gasteiger partial charge in [-0.2, -0.15) is 0 Å². The van der Waals surface area contributed by atoms with Crippen LogP contribution in [0, 0.1) is 16.7 Å². The number of aliphatic hydroxyl groups is 1. The number of ether oxygens (including phenoxy) is 6. The standard InChI is InChI=1S/C55H69NO14SSi/c1-11-72(12-2,13-3)70-45(43(36-23-17-14-18-24-36)56-49(60)37-25-19-15-20-26-37)51(62)67-39-30-55(63)48(68-50(61)38-27-21-16-22-28-38)46-53(9,47(59)44(66-34(5)57)42(33(39)4)52(55,7)8)40(65-32-71-10)29-41-54(46,31-64-41)69-35(6)58/h14-28,39-41,43-46,48,63H,11-13,29-32H2,1-10H3,(H,56,60)/t39-,40-,41+,43-,44+,45+,46?,48-,53+,54-,55+/m0/s1. The normalized spacial score (nSPS) is 29.3. The first-order chi connectivity index (χ1) is 34.2. The molecule has 1 amide bonds. The summed E-state index contributed by atoms with van der Waals surface area (Å²) < 4.78 is 45.6. The highest BCUT2D eigenvalue weighted by atomic mass is 32.2. The van der Waals surface area contributed by atoms with Crippen LogP contribution in [0.3, 0.4) is 0 Å². The summed E-state index contributed by atoms with van der Waals surface area (Å²) in [5.74, 6) is -5.68. The topological polar surface area (TPSA) is 199 Å². The van der Waals surface area contributed by atoms with Crippen molar-refractivity contribution in [2.75, 3.05) is 18.8 Å². The molecule has 0 spiro atoms. The minimum Gasteiger partial charge on any atom is -0.456 e. The van der Waals surface area contributed by atoms with E-state index in [4.69, 9.17) is 32.8 Å². The quantitative estimate of drug-likeness (QED) is 0.0407. The molecular weight excluding hydrogens is 959 g/mol. The number of nitrogens with one attached hydrogen (secondary N) is 1. The Hall–Kier alpha value is -5.17. The minimum atomic E-state index is -2.74. The number of thioether (sulfide) groups is 1. The summed E-state index contributed by atoms with van der Waals surface area (Å²) >= 11 is 1.36. The summed E-state index contributed by atoms with van der Waals surface area (Å²) in [6.45, 7) is 14.8. The van der Waals surface area contributed by atoms with Crippen molar-refractivity contribution in [2.24, 2.45) is 16.7 Å². The number of esters is 4. The molecule has 72 heavy (non-hydrogen) atoms. The van der Waals surface area contributed by atoms with Gasteiger partial charge in [-0.15, -0.1) is 11.8 Å². The maximum absolute atomic E-state index is 16.2. The van der Waals surface area contributed by atoms with E-state index in [-0.39, 0.29) is 30.1 Å². The van der Waals surface area contributed by atoms with Crippen molar-refractivity contribution in [3.8, 4) is 0 Å². The third kappa shape index (κ3) is 9.84. The van der Waals surface area contributed by atoms with Crippen LogP contribution in [0.15, 0.2) is 102 Å². The number of carbonyl (C=O) groups excluding carboxylic acids is 6. The van der Waals surface area contributed by atoms with E-state index in [1.807, 2.05) is 33.1 Å². The average Bonchev–Trinajstić information content (AvgIpc) is 3.36. The van der Waals surface area contributed by atoms with Crippen molar-refractivity contribution in [2.45, 2.75) is 147 Å². The minimum absolute atomic E-state index is 0.0572. The zero-order valence-electron chi connectivity index (χ0n) is 42.9. The van der Waals surface area contributed by atoms with E-state index in [0.29, 0.717) is 34.8 Å². The maximum atomic E-state index is 16.2. The second-order valence-electron chi connectivity index (χ2n) is 20.2. The van der Waals surface area contributed by atoms with Gasteiger partial charge in [-0.1, -0.05) is 101 Å². The van der Waals surface area contributed by atoms with Crippen molar-refractivity contribution in [1.82, 2.24) is 5.32 Å². The molecule has 2 N–H and O–H groups in total. The Kier molecular flexibility index (Phi) is 16.5. The second-order valence-corrected chi connectivity index (χ2v) is 25.8. The molecule has 3 aliphatic carbocycles. The van der Waals surface area contributed by atoms with Crippen LogP contribution >= 0.6 is 11.8 Å². The molecule has 0 aromatic heterocycles. The number of amides is 1. The Bertz CT molecular complexity index is 2510. The van der Waals surface area contributed by atoms with Crippen molar-refractivity contribution in [3.05, 3.63) is 119 Å². The van der Waals surface area contributed by atoms with Crippen LogP contribution in [0.25, 0.3) is 0 Å². The fourth-order valence-electron chi connectivity index (χ4n) is 11.9. The van der Waals surface area contributed by atoms with E-state index < -0.39 is 121 Å². The molecule has 1 aliphatic heterocycles. The van der Waals surface area contributed by atoms with Gasteiger partial charge in [-0.25, -0.2) is 9.59 Å². The number of rotatable bonds is 18. The van der Waals surface area contributed by atoms with Crippen molar-refractivity contribution >= 4 is 55.6 Å². The Morgan fingerprint density at radius 1 is 0.833 bits per heavy atom. The molecule has 1 unspecified atom stereocenters. The Morgan fingerprint density at radius 3 is 1.94 bits per heavy atom. The van der Waals surface area contributed by atoms with Crippen LogP contribution in [-0.2, 0) is 52.0 Å². The van der Waals surface area contributed by atoms with E-state index >= 15 is 9.59 Å². The molecule has 7 rings (SSSR count). The number of hydrogen-bond acceptors (Lipinski definition) is 15. The van der Waals surface area contributed by atoms with Crippen molar-refractivity contribution in [1.29, 1.82) is 0 Å². The number of Topliss-reactive ketones (excluding diaryl/α,β-unsaturated/α-hetero) is 1. The van der Waals surface area contributed by atoms with E-state index in [1.165, 1.54) is 25.6 Å². The molecule has 388 valence electrons. The van der Waals surface area contributed by atoms with Crippen molar-refractivity contribution in [3.63, 3.8) is 0 Å². The van der Waals surface area contributed by atoms with Gasteiger partial charge in [-0.3, -0.25) is 19.2 Å². The molecule has 2 bridgehead atoms. The third-order valence-electron chi connectivity index (χ3n) is 16.1. The molecule has 3 aromatic carbocycles. The van der Waals surface area contributed by atoms with Gasteiger partial charge >= 0.3 is 23.9 Å². The lowest BCUT2D eigenvalue weighted by molar-refractivity contribution is -0.347. The summed E-state index contributed by atoms with van der Waals surface area (Å²) in [5, 5.41) is 17.3. The number of carbonyl (C=O) groups is 6. The third-order valence-corrected chi connectivity index (χ3v) is 21.1. The van der Waals surface area contributed by atoms with E-state index in [9.17, 15) is 24.3 Å². The molecule has 3 fully saturated rings. The largest absolute Gasteiger partial charge is 0.456 e. The molecule has 17 heteroatoms. The molecule has 1 saturated heterocycles. The molecule has 11 atom stereocenters. The number of hydrogen-bond donors (Lipinski definition) is 2. The zero-order valence-corrected chi connectivity index (χ0v) is 44.7. The maximum Gasteiger partial charge on any atom is 0.338 e. The Morgan fingerprint density at radius 2 is 1.42 bits per heavy atom. The Balaban J connectivity index is 1.46. The summed E-state index contributed by atoms with van der Waals surface area (Å²) in [6, 6.07) is 26.6. The fourth-order valence-corrected chi connectivity index (χ4v) is 15.0. The van der Waals surface area contributed by atoms with Crippen LogP contribution in [0.2, 0.25) is 18.1 Å². The van der Waals surface area contributed by atoms with Crippen LogP contribution in [-0.4, -0.2) is 116 Å². The van der Waals surface area contributed by atoms with Gasteiger partial charge in [-0.05, 0) is 79.2 Å². The molecule has 2 saturated carbocycles. The highest BCUT2D eigenvalue weighted by molar-refractivity contribution is 7.98. The van der Waals surface area contributed by atoms with E-state index in [0.717, 1.165) is 0 Å². The van der Waals surface area contributed by atoms with Gasteiger partial charge in [0.15, 0.2) is 31.9 Å². The summed E-state index contributed by atoms with van der Waals surface area (Å²) in [5.41, 5.74) is -5.96. The molecule has 15 nitrogen and oxygen atoms in total. The molecule has 3 aromatic rings. The number of fused-ring (bicyclic) bond motifs is 5. The summed E-state index contributed by atoms with van der Waals surface area (Å²) in [4.78, 5) is 87.4. The Labute approximate surface area is 427 Å². The van der Waals surface area contributed by atoms with Crippen LogP contribution < -0.4 is 5.32 Å². The second kappa shape index (κ2) is 21.7. The lowest BCUT2D eigenvalue weighted by atomic mass is 9.44. The highest BCUT2D eigenvalue weighted by Gasteiger charge is 2.78. The fraction of sp³-hybridized carbons (Fsp3) is 0.527. The van der Waals surface area contributed by atoms with Gasteiger partial charge in [0, 0.05) is 37.7 Å². The lowest BCUT2D eigenvalue weighted by Crippen LogP contribution is -2.82. The lowest BCUT2D eigenvalue weighted by Gasteiger charge is -2.67. The predicted molar refractivity (Wildman–Crippen MR) is 271 cm³/mol. The number of ketones is 1. The summed E-state index contributed by atoms with van der Waals surface area (Å²) in [6.07, 6.45) is -6.71. The van der Waals surface area contributed by atoms with Gasteiger partial charge in [0.25, 0.3) is 5.91 Å². The van der Waals surface area contributed by atoms with Crippen molar-refractivity contribution < 1.29 is 66.7 Å². The van der Waals surface area contributed by atoms with E-state index in [2.05, 4.69) is 5.32 Å². The van der Waals surface area contributed by atoms with Crippen LogP contribution in [0.4, 0.5) is 0 Å². The molecular formula is C55H69NO14SSi. The first-order valence-electron chi connectivity index (χ1n) is 24.8. The molecule has 4 aliphatic rings. The van der Waals surface area contributed by atoms with Gasteiger partial charge in [0.1, 0.15) is 23.9 Å². The number of benzene rings is 3. The van der Waals surface area contributed by atoms with Crippen LogP contribution in [0.1, 0.15) is 107 Å². The average molecular weight is 1030 g/mol. The zero-order chi connectivity index (χ0) is 52.4. The van der Waals surface area contributed by atoms with Crippen LogP contribution in [0.5, 0.6) is 0 Å².